The van der Waals surface area contributed by atoms with Gasteiger partial charge in [-0.15, -0.1) is 0 Å². The molecular weight excluding hydrogens is 300 g/mol. The lowest BCUT2D eigenvalue weighted by Crippen LogP contribution is -2.45. The lowest BCUT2D eigenvalue weighted by Gasteiger charge is -2.38. The molecule has 0 amide bonds. The van der Waals surface area contributed by atoms with Gasteiger partial charge < -0.3 is 4.74 Å². The van der Waals surface area contributed by atoms with Gasteiger partial charge in [-0.25, -0.2) is 8.42 Å². The molecule has 118 valence electrons. The average Bonchev–Trinajstić information content (AvgIpc) is 2.92. The standard InChI is InChI=1S/C17H20O4S/c18-17(12-4-5-16-11(8-12)6-7-21-16)13-9-14-2-1-3-15(10-13)22(14,19)20/h4-5,8,13-15H,1-3,6-7,9-10H2. The molecular formula is C17H20O4S. The lowest BCUT2D eigenvalue weighted by molar-refractivity contribution is 0.0894. The van der Waals surface area contributed by atoms with Gasteiger partial charge in [-0.3, -0.25) is 4.79 Å². The second kappa shape index (κ2) is 5.08. The van der Waals surface area contributed by atoms with Crippen molar-refractivity contribution in [3.63, 3.8) is 0 Å². The first-order valence-electron chi connectivity index (χ1n) is 8.08. The summed E-state index contributed by atoms with van der Waals surface area (Å²) in [5, 5.41) is -0.599. The van der Waals surface area contributed by atoms with Gasteiger partial charge in [0.25, 0.3) is 0 Å². The van der Waals surface area contributed by atoms with Crippen molar-refractivity contribution in [3.05, 3.63) is 29.3 Å². The molecule has 2 unspecified atom stereocenters. The quantitative estimate of drug-likeness (QED) is 0.786. The Kier molecular flexibility index (Phi) is 3.29. The summed E-state index contributed by atoms with van der Waals surface area (Å²) < 4.78 is 30.1. The van der Waals surface area contributed by atoms with Crippen LogP contribution in [0.4, 0.5) is 0 Å². The maximum atomic E-state index is 12.8. The largest absolute Gasteiger partial charge is 0.493 e. The average molecular weight is 320 g/mol. The van der Waals surface area contributed by atoms with E-state index in [1.807, 2.05) is 18.2 Å². The molecule has 0 N–H and O–H groups in total. The van der Waals surface area contributed by atoms with Gasteiger partial charge in [0.2, 0.25) is 0 Å². The molecule has 0 spiro atoms. The van der Waals surface area contributed by atoms with Crippen LogP contribution in [-0.4, -0.2) is 31.3 Å². The Morgan fingerprint density at radius 2 is 1.86 bits per heavy atom. The highest BCUT2D eigenvalue weighted by atomic mass is 32.2. The third kappa shape index (κ3) is 2.18. The summed E-state index contributed by atoms with van der Waals surface area (Å²) in [6.07, 6.45) is 4.28. The van der Waals surface area contributed by atoms with E-state index >= 15 is 0 Å². The second-order valence-electron chi connectivity index (χ2n) is 6.72. The zero-order valence-corrected chi connectivity index (χ0v) is 13.3. The molecule has 2 atom stereocenters. The number of carbonyl (C=O) groups excluding carboxylic acids is 1. The highest BCUT2D eigenvalue weighted by Crippen LogP contribution is 2.40. The number of hydrogen-bond acceptors (Lipinski definition) is 4. The minimum absolute atomic E-state index is 0.113. The highest BCUT2D eigenvalue weighted by Gasteiger charge is 2.46. The zero-order valence-electron chi connectivity index (χ0n) is 12.5. The van der Waals surface area contributed by atoms with Crippen LogP contribution in [0.5, 0.6) is 5.75 Å². The van der Waals surface area contributed by atoms with E-state index < -0.39 is 9.84 Å². The monoisotopic (exact) mass is 320 g/mol. The molecule has 0 aromatic heterocycles. The molecule has 2 fully saturated rings. The number of carbonyl (C=O) groups is 1. The first-order valence-corrected chi connectivity index (χ1v) is 9.69. The molecule has 0 radical (unpaired) electrons. The van der Waals surface area contributed by atoms with E-state index in [-0.39, 0.29) is 22.2 Å². The van der Waals surface area contributed by atoms with Crippen LogP contribution in [0.15, 0.2) is 18.2 Å². The molecule has 22 heavy (non-hydrogen) atoms. The van der Waals surface area contributed by atoms with E-state index in [9.17, 15) is 13.2 Å². The molecule has 4 rings (SSSR count). The van der Waals surface area contributed by atoms with E-state index in [2.05, 4.69) is 0 Å². The summed E-state index contributed by atoms with van der Waals surface area (Å²) in [6.45, 7) is 0.679. The molecule has 2 saturated heterocycles. The summed E-state index contributed by atoms with van der Waals surface area (Å²) in [6, 6.07) is 5.63. The van der Waals surface area contributed by atoms with E-state index in [4.69, 9.17) is 4.74 Å². The Bertz CT molecular complexity index is 702. The minimum atomic E-state index is -3.00. The molecule has 3 aliphatic heterocycles. The predicted molar refractivity (Wildman–Crippen MR) is 83.0 cm³/mol. The van der Waals surface area contributed by atoms with Crippen molar-refractivity contribution in [2.75, 3.05) is 6.61 Å². The number of sulfone groups is 1. The van der Waals surface area contributed by atoms with Gasteiger partial charge in [-0.2, -0.15) is 0 Å². The van der Waals surface area contributed by atoms with E-state index in [0.29, 0.717) is 25.0 Å². The van der Waals surface area contributed by atoms with Crippen LogP contribution in [0.1, 0.15) is 48.0 Å². The van der Waals surface area contributed by atoms with Crippen molar-refractivity contribution in [2.45, 2.75) is 49.0 Å². The van der Waals surface area contributed by atoms with Crippen LogP contribution in [0, 0.1) is 5.92 Å². The number of ketones is 1. The number of Topliss-reactive ketones (excluding diaryl/α,β-unsaturated/α-hetero) is 1. The molecule has 1 aromatic rings. The zero-order chi connectivity index (χ0) is 15.3. The Hall–Kier alpha value is -1.36. The Morgan fingerprint density at radius 1 is 1.14 bits per heavy atom. The van der Waals surface area contributed by atoms with Crippen molar-refractivity contribution >= 4 is 15.6 Å². The fourth-order valence-corrected chi connectivity index (χ4v) is 6.73. The van der Waals surface area contributed by atoms with Crippen LogP contribution >= 0.6 is 0 Å². The molecule has 3 aliphatic rings. The Balaban J connectivity index is 1.59. The lowest BCUT2D eigenvalue weighted by atomic mass is 9.84. The van der Waals surface area contributed by atoms with E-state index in [0.717, 1.165) is 37.0 Å². The van der Waals surface area contributed by atoms with Gasteiger partial charge >= 0.3 is 0 Å². The normalized spacial score (nSPS) is 32.1. The highest BCUT2D eigenvalue weighted by molar-refractivity contribution is 7.92. The van der Waals surface area contributed by atoms with Crippen LogP contribution in [0.3, 0.4) is 0 Å². The van der Waals surface area contributed by atoms with Crippen LogP contribution in [0.25, 0.3) is 0 Å². The molecule has 3 heterocycles. The third-order valence-corrected chi connectivity index (χ3v) is 8.14. The topological polar surface area (TPSA) is 60.4 Å². The van der Waals surface area contributed by atoms with Crippen LogP contribution in [-0.2, 0) is 16.3 Å². The van der Waals surface area contributed by atoms with E-state index in [1.54, 1.807) is 0 Å². The number of hydrogen-bond donors (Lipinski definition) is 0. The predicted octanol–water partition coefficient (Wildman–Crippen LogP) is 2.55. The molecule has 4 nitrogen and oxygen atoms in total. The Morgan fingerprint density at radius 3 is 2.59 bits per heavy atom. The molecule has 0 aliphatic carbocycles. The summed E-state index contributed by atoms with van der Waals surface area (Å²) in [4.78, 5) is 12.8. The van der Waals surface area contributed by atoms with Gasteiger partial charge in [-0.05, 0) is 49.4 Å². The maximum absolute atomic E-state index is 12.8. The first-order chi connectivity index (χ1) is 10.6. The van der Waals surface area contributed by atoms with Gasteiger partial charge in [0, 0.05) is 17.9 Å². The fraction of sp³-hybridized carbons (Fsp3) is 0.588. The van der Waals surface area contributed by atoms with Gasteiger partial charge in [0.15, 0.2) is 15.6 Å². The van der Waals surface area contributed by atoms with Crippen molar-refractivity contribution in [1.29, 1.82) is 0 Å². The maximum Gasteiger partial charge on any atom is 0.166 e. The van der Waals surface area contributed by atoms with Crippen molar-refractivity contribution < 1.29 is 17.9 Å². The first kappa shape index (κ1) is 14.2. The Labute approximate surface area is 130 Å². The third-order valence-electron chi connectivity index (χ3n) is 5.42. The number of ether oxygens (including phenoxy) is 1. The van der Waals surface area contributed by atoms with Crippen LogP contribution < -0.4 is 4.74 Å². The molecule has 0 saturated carbocycles. The molecule has 1 aromatic carbocycles. The molecule has 5 heteroatoms. The van der Waals surface area contributed by atoms with Gasteiger partial charge in [-0.1, -0.05) is 6.42 Å². The summed E-state index contributed by atoms with van der Waals surface area (Å²) in [5.74, 6) is 0.848. The van der Waals surface area contributed by atoms with Crippen molar-refractivity contribution in [1.82, 2.24) is 0 Å². The van der Waals surface area contributed by atoms with Crippen molar-refractivity contribution in [3.8, 4) is 5.75 Å². The minimum Gasteiger partial charge on any atom is -0.493 e. The fourth-order valence-electron chi connectivity index (χ4n) is 4.20. The number of fused-ring (bicyclic) bond motifs is 3. The SMILES string of the molecule is O=C(c1ccc2c(c1)CCO2)C1CC2CCCC(C1)S2(=O)=O. The van der Waals surface area contributed by atoms with Gasteiger partial charge in [0.1, 0.15) is 5.75 Å². The summed E-state index contributed by atoms with van der Waals surface area (Å²) in [7, 11) is -3.00. The summed E-state index contributed by atoms with van der Waals surface area (Å²) in [5.41, 5.74) is 1.81. The summed E-state index contributed by atoms with van der Waals surface area (Å²) >= 11 is 0. The smallest absolute Gasteiger partial charge is 0.166 e. The van der Waals surface area contributed by atoms with E-state index in [1.165, 1.54) is 0 Å². The van der Waals surface area contributed by atoms with Gasteiger partial charge in [0.05, 0.1) is 17.1 Å². The number of benzene rings is 1. The van der Waals surface area contributed by atoms with Crippen molar-refractivity contribution in [2.24, 2.45) is 5.92 Å². The van der Waals surface area contributed by atoms with Crippen LogP contribution in [0.2, 0.25) is 0 Å². The second-order valence-corrected chi connectivity index (χ2v) is 9.23. The molecule has 2 bridgehead atoms. The number of rotatable bonds is 2.